The first kappa shape index (κ1) is 10.1. The number of pyridine rings is 1. The van der Waals surface area contributed by atoms with Gasteiger partial charge < -0.3 is 5.11 Å². The lowest BCUT2D eigenvalue weighted by Gasteiger charge is -2.02. The van der Waals surface area contributed by atoms with Gasteiger partial charge in [-0.1, -0.05) is 17.7 Å². The van der Waals surface area contributed by atoms with Crippen LogP contribution in [0.2, 0.25) is 5.02 Å². The number of aromatic nitrogens is 2. The Kier molecular flexibility index (Phi) is 2.06. The van der Waals surface area contributed by atoms with Gasteiger partial charge >= 0.3 is 5.97 Å². The maximum Gasteiger partial charge on any atom is 0.354 e. The molecule has 0 amide bonds. The highest BCUT2D eigenvalue weighted by Crippen LogP contribution is 2.23. The Bertz CT molecular complexity index is 749. The average Bonchev–Trinajstić information content (AvgIpc) is 2.72. The number of aromatic carboxylic acids is 1. The molecule has 5 heteroatoms. The van der Waals surface area contributed by atoms with Crippen molar-refractivity contribution in [2.24, 2.45) is 0 Å². The van der Waals surface area contributed by atoms with E-state index in [4.69, 9.17) is 16.7 Å². The van der Waals surface area contributed by atoms with Crippen LogP contribution in [-0.4, -0.2) is 20.5 Å². The Morgan fingerprint density at radius 3 is 2.94 bits per heavy atom. The first-order valence-electron chi connectivity index (χ1n) is 4.95. The van der Waals surface area contributed by atoms with Gasteiger partial charge in [-0.25, -0.2) is 9.78 Å². The summed E-state index contributed by atoms with van der Waals surface area (Å²) in [4.78, 5) is 15.1. The number of nitrogens with zero attached hydrogens (tertiary/aromatic N) is 2. The van der Waals surface area contributed by atoms with Crippen molar-refractivity contribution in [2.75, 3.05) is 0 Å². The molecule has 0 bridgehead atoms. The predicted molar refractivity (Wildman–Crippen MR) is 64.7 cm³/mol. The quantitative estimate of drug-likeness (QED) is 0.718. The highest BCUT2D eigenvalue weighted by Gasteiger charge is 2.12. The summed E-state index contributed by atoms with van der Waals surface area (Å²) in [6.07, 6.45) is 3.04. The van der Waals surface area contributed by atoms with Crippen LogP contribution in [0.25, 0.3) is 16.4 Å². The first-order valence-corrected chi connectivity index (χ1v) is 5.33. The lowest BCUT2D eigenvalue weighted by molar-refractivity contribution is 0.0689. The average molecular weight is 247 g/mol. The summed E-state index contributed by atoms with van der Waals surface area (Å²) in [5.74, 6) is -1.00. The highest BCUT2D eigenvalue weighted by atomic mass is 35.5. The number of imidazole rings is 1. The fourth-order valence-corrected chi connectivity index (χ4v) is 2.06. The molecule has 0 unspecified atom stereocenters. The van der Waals surface area contributed by atoms with E-state index in [2.05, 4.69) is 4.98 Å². The summed E-state index contributed by atoms with van der Waals surface area (Å²) in [5, 5.41) is 11.4. The zero-order valence-electron chi connectivity index (χ0n) is 8.59. The molecular weight excluding hydrogens is 240 g/mol. The van der Waals surface area contributed by atoms with E-state index in [1.54, 1.807) is 22.7 Å². The molecule has 2 heterocycles. The Hall–Kier alpha value is -2.07. The largest absolute Gasteiger partial charge is 0.477 e. The van der Waals surface area contributed by atoms with Gasteiger partial charge in [-0.15, -0.1) is 0 Å². The maximum absolute atomic E-state index is 11.0. The van der Waals surface area contributed by atoms with Crippen LogP contribution in [0.1, 0.15) is 10.5 Å². The maximum atomic E-state index is 11.0. The van der Waals surface area contributed by atoms with E-state index in [9.17, 15) is 4.79 Å². The van der Waals surface area contributed by atoms with Gasteiger partial charge in [-0.2, -0.15) is 0 Å². The predicted octanol–water partition coefficient (Wildman–Crippen LogP) is 2.84. The number of carbonyl (C=O) groups is 1. The van der Waals surface area contributed by atoms with Crippen molar-refractivity contribution in [3.05, 3.63) is 47.4 Å². The number of fused-ring (bicyclic) bond motifs is 3. The number of halogens is 1. The van der Waals surface area contributed by atoms with E-state index >= 15 is 0 Å². The lowest BCUT2D eigenvalue weighted by atomic mass is 10.2. The third kappa shape index (κ3) is 1.45. The van der Waals surface area contributed by atoms with Crippen molar-refractivity contribution in [3.8, 4) is 0 Å². The van der Waals surface area contributed by atoms with Gasteiger partial charge in [-0.05, 0) is 23.6 Å². The van der Waals surface area contributed by atoms with E-state index < -0.39 is 5.97 Å². The number of benzene rings is 1. The van der Waals surface area contributed by atoms with Crippen LogP contribution in [0, 0.1) is 0 Å². The number of hydrogen-bond acceptors (Lipinski definition) is 2. The van der Waals surface area contributed by atoms with Crippen LogP contribution in [0.3, 0.4) is 0 Å². The van der Waals surface area contributed by atoms with Gasteiger partial charge in [0.15, 0.2) is 5.69 Å². The molecule has 2 aromatic heterocycles. The Morgan fingerprint density at radius 1 is 1.35 bits per heavy atom. The third-order valence-electron chi connectivity index (χ3n) is 2.68. The molecule has 0 atom stereocenters. The van der Waals surface area contributed by atoms with Gasteiger partial charge in [0.25, 0.3) is 0 Å². The molecule has 1 N–H and O–H groups in total. The van der Waals surface area contributed by atoms with E-state index in [1.165, 1.54) is 6.20 Å². The summed E-state index contributed by atoms with van der Waals surface area (Å²) >= 11 is 5.94. The zero-order valence-corrected chi connectivity index (χ0v) is 9.35. The van der Waals surface area contributed by atoms with Crippen molar-refractivity contribution in [1.29, 1.82) is 0 Å². The third-order valence-corrected chi connectivity index (χ3v) is 2.91. The van der Waals surface area contributed by atoms with E-state index in [1.807, 2.05) is 12.1 Å². The highest BCUT2D eigenvalue weighted by molar-refractivity contribution is 6.31. The van der Waals surface area contributed by atoms with Gasteiger partial charge in [0.1, 0.15) is 5.65 Å². The number of carboxylic acid groups (broad SMARTS) is 1. The van der Waals surface area contributed by atoms with Crippen molar-refractivity contribution >= 4 is 34.0 Å². The zero-order chi connectivity index (χ0) is 12.0. The van der Waals surface area contributed by atoms with Crippen LogP contribution in [0.5, 0.6) is 0 Å². The summed E-state index contributed by atoms with van der Waals surface area (Å²) < 4.78 is 1.54. The molecule has 0 aliphatic heterocycles. The van der Waals surface area contributed by atoms with Crippen molar-refractivity contribution in [1.82, 2.24) is 9.38 Å². The summed E-state index contributed by atoms with van der Waals surface area (Å²) in [5.41, 5.74) is 0.740. The van der Waals surface area contributed by atoms with Crippen molar-refractivity contribution in [2.45, 2.75) is 0 Å². The second kappa shape index (κ2) is 3.46. The smallest absolute Gasteiger partial charge is 0.354 e. The minimum atomic E-state index is -1.00. The van der Waals surface area contributed by atoms with Crippen LogP contribution in [0.15, 0.2) is 36.7 Å². The molecule has 0 aliphatic carbocycles. The molecule has 4 nitrogen and oxygen atoms in total. The molecule has 0 spiro atoms. The number of carboxylic acids is 1. The number of rotatable bonds is 1. The fourth-order valence-electron chi connectivity index (χ4n) is 1.89. The van der Waals surface area contributed by atoms with E-state index in [0.717, 1.165) is 10.8 Å². The topological polar surface area (TPSA) is 54.6 Å². The summed E-state index contributed by atoms with van der Waals surface area (Å²) in [6, 6.07) is 7.30. The van der Waals surface area contributed by atoms with Gasteiger partial charge in [0.2, 0.25) is 0 Å². The summed E-state index contributed by atoms with van der Waals surface area (Å²) in [6.45, 7) is 0. The molecule has 0 aliphatic rings. The molecular formula is C12H7ClN2O2. The van der Waals surface area contributed by atoms with E-state index in [0.29, 0.717) is 10.7 Å². The molecule has 0 saturated heterocycles. The molecule has 0 fully saturated rings. The minimum absolute atomic E-state index is 0.141. The Labute approximate surface area is 101 Å². The SMILES string of the molecule is O=C(O)c1cnc2c3cc(Cl)ccc3ccn12. The Balaban J connectivity index is 2.48. The van der Waals surface area contributed by atoms with Gasteiger partial charge in [-0.3, -0.25) is 4.40 Å². The first-order chi connectivity index (χ1) is 8.16. The molecule has 0 radical (unpaired) electrons. The number of hydrogen-bond donors (Lipinski definition) is 1. The monoisotopic (exact) mass is 246 g/mol. The summed E-state index contributed by atoms with van der Waals surface area (Å²) in [7, 11) is 0. The minimum Gasteiger partial charge on any atom is -0.477 e. The second-order valence-electron chi connectivity index (χ2n) is 3.69. The van der Waals surface area contributed by atoms with Gasteiger partial charge in [0.05, 0.1) is 6.20 Å². The molecule has 0 saturated carbocycles. The fraction of sp³-hybridized carbons (Fsp3) is 0. The van der Waals surface area contributed by atoms with Crippen LogP contribution in [0.4, 0.5) is 0 Å². The van der Waals surface area contributed by atoms with Gasteiger partial charge in [0, 0.05) is 16.6 Å². The van der Waals surface area contributed by atoms with Crippen molar-refractivity contribution < 1.29 is 9.90 Å². The van der Waals surface area contributed by atoms with Crippen LogP contribution in [-0.2, 0) is 0 Å². The molecule has 1 aromatic carbocycles. The van der Waals surface area contributed by atoms with Crippen molar-refractivity contribution in [3.63, 3.8) is 0 Å². The lowest BCUT2D eigenvalue weighted by Crippen LogP contribution is -2.01. The molecule has 3 rings (SSSR count). The van der Waals surface area contributed by atoms with E-state index in [-0.39, 0.29) is 5.69 Å². The van der Waals surface area contributed by atoms with Crippen LogP contribution >= 0.6 is 11.6 Å². The Morgan fingerprint density at radius 2 is 2.18 bits per heavy atom. The molecule has 17 heavy (non-hydrogen) atoms. The molecule has 84 valence electrons. The normalized spacial score (nSPS) is 11.1. The standard InChI is InChI=1S/C12H7ClN2O2/c13-8-2-1-7-3-4-15-10(12(16)17)6-14-11(15)9(7)5-8/h1-6H,(H,16,17). The molecule has 3 aromatic rings. The second-order valence-corrected chi connectivity index (χ2v) is 4.13. The van der Waals surface area contributed by atoms with Crippen LogP contribution < -0.4 is 0 Å².